The van der Waals surface area contributed by atoms with Crippen molar-refractivity contribution in [1.29, 1.82) is 0 Å². The van der Waals surface area contributed by atoms with Gasteiger partial charge in [0.2, 0.25) is 11.8 Å². The van der Waals surface area contributed by atoms with E-state index < -0.39 is 12.0 Å². The van der Waals surface area contributed by atoms with Gasteiger partial charge in [0.25, 0.3) is 0 Å². The first kappa shape index (κ1) is 17.7. The number of nitrogens with two attached hydrogens (primary N) is 1. The first-order valence-corrected chi connectivity index (χ1v) is 7.89. The minimum Gasteiger partial charge on any atom is -0.336 e. The lowest BCUT2D eigenvalue weighted by Gasteiger charge is -2.25. The maximum atomic E-state index is 12.5. The summed E-state index contributed by atoms with van der Waals surface area (Å²) in [5.41, 5.74) is 7.79. The third kappa shape index (κ3) is 4.67. The Morgan fingerprint density at radius 1 is 1.04 bits per heavy atom. The molecule has 2 aromatic rings. The number of benzene rings is 2. The lowest BCUT2D eigenvalue weighted by Crippen LogP contribution is -2.41. The number of amides is 2. The van der Waals surface area contributed by atoms with Crippen LogP contribution >= 0.6 is 0 Å². The summed E-state index contributed by atoms with van der Waals surface area (Å²) in [5.74, 6) is -0.811. The average Bonchev–Trinajstić information content (AvgIpc) is 2.61. The molecule has 3 N–H and O–H groups in total. The fraction of sp³-hybridized carbons (Fsp3) is 0.263. The molecular formula is C19H23N3O2. The Balaban J connectivity index is 1.92. The van der Waals surface area contributed by atoms with Gasteiger partial charge in [0.05, 0.1) is 12.5 Å². The molecule has 0 radical (unpaired) electrons. The van der Waals surface area contributed by atoms with Gasteiger partial charge in [-0.3, -0.25) is 9.59 Å². The van der Waals surface area contributed by atoms with Crippen LogP contribution in [0.5, 0.6) is 0 Å². The highest BCUT2D eigenvalue weighted by atomic mass is 16.2. The highest BCUT2D eigenvalue weighted by Crippen LogP contribution is 2.20. The zero-order valence-electron chi connectivity index (χ0n) is 14.0. The van der Waals surface area contributed by atoms with Crippen LogP contribution in [-0.2, 0) is 9.59 Å². The van der Waals surface area contributed by atoms with E-state index in [9.17, 15) is 9.59 Å². The van der Waals surface area contributed by atoms with E-state index in [-0.39, 0.29) is 18.4 Å². The Morgan fingerprint density at radius 3 is 2.17 bits per heavy atom. The molecule has 2 unspecified atom stereocenters. The Labute approximate surface area is 142 Å². The van der Waals surface area contributed by atoms with Crippen LogP contribution in [-0.4, -0.2) is 30.3 Å². The SMILES string of the molecule is CC(C(=O)N(C)CC(=O)Nc1ccccc1)C(N)c1ccccc1. The van der Waals surface area contributed by atoms with Crippen LogP contribution in [0.25, 0.3) is 0 Å². The molecule has 5 nitrogen and oxygen atoms in total. The molecule has 2 atom stereocenters. The van der Waals surface area contributed by atoms with Crippen molar-refractivity contribution < 1.29 is 9.59 Å². The van der Waals surface area contributed by atoms with E-state index in [4.69, 9.17) is 5.73 Å². The Bertz CT molecular complexity index is 674. The number of nitrogens with zero attached hydrogens (tertiary/aromatic N) is 1. The van der Waals surface area contributed by atoms with E-state index >= 15 is 0 Å². The molecule has 0 saturated heterocycles. The van der Waals surface area contributed by atoms with Crippen molar-refractivity contribution in [2.24, 2.45) is 11.7 Å². The summed E-state index contributed by atoms with van der Waals surface area (Å²) in [4.78, 5) is 26.0. The van der Waals surface area contributed by atoms with Crippen molar-refractivity contribution >= 4 is 17.5 Å². The van der Waals surface area contributed by atoms with Crippen LogP contribution in [0.3, 0.4) is 0 Å². The molecule has 0 bridgehead atoms. The second kappa shape index (κ2) is 8.26. The average molecular weight is 325 g/mol. The van der Waals surface area contributed by atoms with Gasteiger partial charge in [-0.1, -0.05) is 55.5 Å². The maximum absolute atomic E-state index is 12.5. The summed E-state index contributed by atoms with van der Waals surface area (Å²) in [6, 6.07) is 18.2. The number of nitrogens with one attached hydrogen (secondary N) is 1. The van der Waals surface area contributed by atoms with Crippen molar-refractivity contribution in [2.75, 3.05) is 18.9 Å². The zero-order chi connectivity index (χ0) is 17.5. The van der Waals surface area contributed by atoms with E-state index in [1.165, 1.54) is 4.90 Å². The number of carbonyl (C=O) groups excluding carboxylic acids is 2. The van der Waals surface area contributed by atoms with E-state index in [1.54, 1.807) is 26.1 Å². The maximum Gasteiger partial charge on any atom is 0.243 e. The van der Waals surface area contributed by atoms with Crippen LogP contribution in [0.15, 0.2) is 60.7 Å². The molecule has 0 fully saturated rings. The zero-order valence-corrected chi connectivity index (χ0v) is 14.0. The van der Waals surface area contributed by atoms with Crippen LogP contribution < -0.4 is 11.1 Å². The predicted octanol–water partition coefficient (Wildman–Crippen LogP) is 2.42. The molecule has 24 heavy (non-hydrogen) atoms. The molecule has 2 rings (SSSR count). The van der Waals surface area contributed by atoms with Crippen LogP contribution in [0.4, 0.5) is 5.69 Å². The largest absolute Gasteiger partial charge is 0.336 e. The van der Waals surface area contributed by atoms with E-state index in [0.29, 0.717) is 5.69 Å². The van der Waals surface area contributed by atoms with Gasteiger partial charge in [-0.05, 0) is 17.7 Å². The minimum absolute atomic E-state index is 0.0143. The van der Waals surface area contributed by atoms with E-state index in [0.717, 1.165) is 5.56 Å². The molecule has 0 spiro atoms. The smallest absolute Gasteiger partial charge is 0.243 e. The van der Waals surface area contributed by atoms with Gasteiger partial charge in [0, 0.05) is 18.8 Å². The van der Waals surface area contributed by atoms with Crippen molar-refractivity contribution in [3.8, 4) is 0 Å². The number of hydrogen-bond acceptors (Lipinski definition) is 3. The number of rotatable bonds is 6. The summed E-state index contributed by atoms with van der Waals surface area (Å²) in [6.45, 7) is 1.77. The summed E-state index contributed by atoms with van der Waals surface area (Å²) < 4.78 is 0. The molecule has 2 aromatic carbocycles. The lowest BCUT2D eigenvalue weighted by molar-refractivity contribution is -0.137. The van der Waals surface area contributed by atoms with Gasteiger partial charge in [-0.15, -0.1) is 0 Å². The molecule has 2 amide bonds. The third-order valence-electron chi connectivity index (χ3n) is 3.93. The fourth-order valence-corrected chi connectivity index (χ4v) is 2.48. The van der Waals surface area contributed by atoms with Crippen LogP contribution in [0.1, 0.15) is 18.5 Å². The lowest BCUT2D eigenvalue weighted by atomic mass is 9.94. The van der Waals surface area contributed by atoms with Gasteiger partial charge < -0.3 is 16.0 Å². The number of carbonyl (C=O) groups is 2. The molecule has 5 heteroatoms. The predicted molar refractivity (Wildman–Crippen MR) is 95.2 cm³/mol. The van der Waals surface area contributed by atoms with Gasteiger partial charge in [-0.2, -0.15) is 0 Å². The quantitative estimate of drug-likeness (QED) is 0.856. The van der Waals surface area contributed by atoms with Crippen molar-refractivity contribution in [3.63, 3.8) is 0 Å². The van der Waals surface area contributed by atoms with Crippen LogP contribution in [0.2, 0.25) is 0 Å². The molecular weight excluding hydrogens is 302 g/mol. The van der Waals surface area contributed by atoms with Crippen LogP contribution in [0, 0.1) is 5.92 Å². The molecule has 0 aromatic heterocycles. The summed E-state index contributed by atoms with van der Waals surface area (Å²) in [5, 5.41) is 2.76. The Morgan fingerprint density at radius 2 is 1.58 bits per heavy atom. The van der Waals surface area contributed by atoms with Crippen molar-refractivity contribution in [1.82, 2.24) is 4.90 Å². The molecule has 0 heterocycles. The molecule has 0 aliphatic carbocycles. The third-order valence-corrected chi connectivity index (χ3v) is 3.93. The topological polar surface area (TPSA) is 75.4 Å². The molecule has 0 aliphatic heterocycles. The van der Waals surface area contributed by atoms with E-state index in [2.05, 4.69) is 5.32 Å². The normalized spacial score (nSPS) is 13.0. The van der Waals surface area contributed by atoms with Gasteiger partial charge in [0.1, 0.15) is 0 Å². The summed E-state index contributed by atoms with van der Waals surface area (Å²) in [6.07, 6.45) is 0. The molecule has 0 aliphatic rings. The van der Waals surface area contributed by atoms with Gasteiger partial charge >= 0.3 is 0 Å². The highest BCUT2D eigenvalue weighted by Gasteiger charge is 2.25. The number of anilines is 1. The molecule has 0 saturated carbocycles. The van der Waals surface area contributed by atoms with Crippen molar-refractivity contribution in [3.05, 3.63) is 66.2 Å². The Hall–Kier alpha value is -2.66. The second-order valence-electron chi connectivity index (χ2n) is 5.83. The highest BCUT2D eigenvalue weighted by molar-refractivity contribution is 5.94. The first-order valence-electron chi connectivity index (χ1n) is 7.89. The molecule has 126 valence electrons. The van der Waals surface area contributed by atoms with Gasteiger partial charge in [0.15, 0.2) is 0 Å². The Kier molecular flexibility index (Phi) is 6.09. The second-order valence-corrected chi connectivity index (χ2v) is 5.83. The standard InChI is InChI=1S/C19H23N3O2/c1-14(18(20)15-9-5-3-6-10-15)19(24)22(2)13-17(23)21-16-11-7-4-8-12-16/h3-12,14,18H,13,20H2,1-2H3,(H,21,23). The van der Waals surface area contributed by atoms with Crippen molar-refractivity contribution in [2.45, 2.75) is 13.0 Å². The number of hydrogen-bond donors (Lipinski definition) is 2. The summed E-state index contributed by atoms with van der Waals surface area (Å²) in [7, 11) is 1.61. The fourth-order valence-electron chi connectivity index (χ4n) is 2.48. The number of likely N-dealkylation sites (N-methyl/N-ethyl adjacent to an activating group) is 1. The van der Waals surface area contributed by atoms with Gasteiger partial charge in [-0.25, -0.2) is 0 Å². The van der Waals surface area contributed by atoms with E-state index in [1.807, 2.05) is 48.5 Å². The minimum atomic E-state index is -0.415. The number of para-hydroxylation sites is 1. The first-order chi connectivity index (χ1) is 11.5. The summed E-state index contributed by atoms with van der Waals surface area (Å²) >= 11 is 0. The monoisotopic (exact) mass is 325 g/mol.